The van der Waals surface area contributed by atoms with Gasteiger partial charge < -0.3 is 5.32 Å². The van der Waals surface area contributed by atoms with E-state index in [0.29, 0.717) is 0 Å². The first-order valence-electron chi connectivity index (χ1n) is 6.95. The number of ketones is 1. The molecule has 0 aliphatic rings. The van der Waals surface area contributed by atoms with Crippen LogP contribution in [0, 0.1) is 5.41 Å². The molecule has 0 unspecified atom stereocenters. The quantitative estimate of drug-likeness (QED) is 0.897. The van der Waals surface area contributed by atoms with Crippen LogP contribution >= 0.6 is 0 Å². The highest BCUT2D eigenvalue weighted by molar-refractivity contribution is 5.89. The number of hydrogen-bond acceptors (Lipinski definition) is 2. The number of hydrogen-bond donors (Lipinski definition) is 1. The van der Waals surface area contributed by atoms with Crippen molar-refractivity contribution >= 4 is 5.78 Å². The van der Waals surface area contributed by atoms with Gasteiger partial charge in [0.2, 0.25) is 0 Å². The Morgan fingerprint density at radius 3 is 2.00 bits per heavy atom. The zero-order valence-electron chi connectivity index (χ0n) is 13.1. The molecule has 2 nitrogen and oxygen atoms in total. The highest BCUT2D eigenvalue weighted by Gasteiger charge is 2.31. The molecule has 0 aromatic heterocycles. The van der Waals surface area contributed by atoms with E-state index in [1.807, 2.05) is 39.0 Å². The summed E-state index contributed by atoms with van der Waals surface area (Å²) >= 11 is 0. The molecule has 0 bridgehead atoms. The normalized spacial score (nSPS) is 14.2. The Labute approximate surface area is 117 Å². The van der Waals surface area contributed by atoms with Crippen molar-refractivity contribution in [2.45, 2.75) is 59.5 Å². The molecule has 1 aromatic rings. The van der Waals surface area contributed by atoms with Crippen molar-refractivity contribution < 1.29 is 4.79 Å². The van der Waals surface area contributed by atoms with Crippen LogP contribution in [0.25, 0.3) is 0 Å². The molecule has 0 amide bonds. The van der Waals surface area contributed by atoms with Crippen molar-refractivity contribution in [2.24, 2.45) is 5.41 Å². The number of Topliss-reactive ketones (excluding diaryl/α,β-unsaturated/α-hetero) is 1. The molecule has 1 aromatic carbocycles. The lowest BCUT2D eigenvalue weighted by atomic mass is 9.83. The molecule has 0 fully saturated rings. The number of carbonyl (C=O) groups is 1. The Balaban J connectivity index is 2.90. The fourth-order valence-electron chi connectivity index (χ4n) is 2.10. The van der Waals surface area contributed by atoms with E-state index in [2.05, 4.69) is 38.2 Å². The molecule has 106 valence electrons. The molecule has 0 saturated carbocycles. The standard InChI is InChI=1S/C17H27NO/c1-16(2,3)15(19)14(18-17(4,5)6)12-13-10-8-7-9-11-13/h7-11,14,18H,12H2,1-6H3/t14-/m0/s1. The van der Waals surface area contributed by atoms with Gasteiger partial charge in [0.1, 0.15) is 0 Å². The molecule has 0 radical (unpaired) electrons. The van der Waals surface area contributed by atoms with Crippen LogP contribution in [0.15, 0.2) is 30.3 Å². The van der Waals surface area contributed by atoms with Gasteiger partial charge in [0.15, 0.2) is 5.78 Å². The van der Waals surface area contributed by atoms with Gasteiger partial charge in [-0.25, -0.2) is 0 Å². The fourth-order valence-corrected chi connectivity index (χ4v) is 2.10. The molecule has 19 heavy (non-hydrogen) atoms. The van der Waals surface area contributed by atoms with E-state index in [4.69, 9.17) is 0 Å². The van der Waals surface area contributed by atoms with Crippen molar-refractivity contribution in [3.63, 3.8) is 0 Å². The van der Waals surface area contributed by atoms with E-state index >= 15 is 0 Å². The van der Waals surface area contributed by atoms with E-state index in [9.17, 15) is 4.79 Å². The van der Waals surface area contributed by atoms with Crippen LogP contribution < -0.4 is 5.32 Å². The molecule has 0 saturated heterocycles. The molecular weight excluding hydrogens is 234 g/mol. The van der Waals surface area contributed by atoms with Crippen LogP contribution in [-0.2, 0) is 11.2 Å². The summed E-state index contributed by atoms with van der Waals surface area (Å²) in [7, 11) is 0. The molecule has 0 aliphatic carbocycles. The van der Waals surface area contributed by atoms with Crippen molar-refractivity contribution in [2.75, 3.05) is 0 Å². The molecule has 1 atom stereocenters. The molecule has 0 heterocycles. The summed E-state index contributed by atoms with van der Waals surface area (Å²) < 4.78 is 0. The average Bonchev–Trinajstić information content (AvgIpc) is 2.25. The summed E-state index contributed by atoms with van der Waals surface area (Å²) in [4.78, 5) is 12.6. The second kappa shape index (κ2) is 5.87. The summed E-state index contributed by atoms with van der Waals surface area (Å²) in [5, 5.41) is 3.46. The summed E-state index contributed by atoms with van der Waals surface area (Å²) in [6.45, 7) is 12.2. The highest BCUT2D eigenvalue weighted by Crippen LogP contribution is 2.20. The largest absolute Gasteiger partial charge is 0.302 e. The first-order chi connectivity index (χ1) is 8.59. The van der Waals surface area contributed by atoms with Crippen LogP contribution in [-0.4, -0.2) is 17.4 Å². The van der Waals surface area contributed by atoms with E-state index < -0.39 is 0 Å². The van der Waals surface area contributed by atoms with E-state index in [1.54, 1.807) is 0 Å². The summed E-state index contributed by atoms with van der Waals surface area (Å²) in [6, 6.07) is 10.1. The van der Waals surface area contributed by atoms with Crippen LogP contribution in [0.3, 0.4) is 0 Å². The van der Waals surface area contributed by atoms with Crippen molar-refractivity contribution in [3.8, 4) is 0 Å². The third-order valence-electron chi connectivity index (χ3n) is 2.95. The smallest absolute Gasteiger partial charge is 0.155 e. The Morgan fingerprint density at radius 1 is 1.05 bits per heavy atom. The summed E-state index contributed by atoms with van der Waals surface area (Å²) in [5.41, 5.74) is 0.805. The van der Waals surface area contributed by atoms with Gasteiger partial charge >= 0.3 is 0 Å². The van der Waals surface area contributed by atoms with Gasteiger partial charge in [-0.05, 0) is 32.8 Å². The number of carbonyl (C=O) groups excluding carboxylic acids is 1. The van der Waals surface area contributed by atoms with E-state index in [0.717, 1.165) is 6.42 Å². The summed E-state index contributed by atoms with van der Waals surface area (Å²) in [5.74, 6) is 0.270. The fraction of sp³-hybridized carbons (Fsp3) is 0.588. The highest BCUT2D eigenvalue weighted by atomic mass is 16.1. The Morgan fingerprint density at radius 2 is 1.58 bits per heavy atom. The second-order valence-corrected chi connectivity index (χ2v) is 7.25. The average molecular weight is 261 g/mol. The monoisotopic (exact) mass is 261 g/mol. The van der Waals surface area contributed by atoms with Crippen LogP contribution in [0.5, 0.6) is 0 Å². The minimum absolute atomic E-state index is 0.0691. The van der Waals surface area contributed by atoms with Gasteiger partial charge in [-0.2, -0.15) is 0 Å². The first-order valence-corrected chi connectivity index (χ1v) is 6.95. The zero-order valence-corrected chi connectivity index (χ0v) is 13.1. The molecular formula is C17H27NO. The zero-order chi connectivity index (χ0) is 14.7. The third kappa shape index (κ3) is 5.56. The predicted molar refractivity (Wildman–Crippen MR) is 81.3 cm³/mol. The van der Waals surface area contributed by atoms with Crippen LogP contribution in [0.1, 0.15) is 47.1 Å². The van der Waals surface area contributed by atoms with Gasteiger partial charge in [0.05, 0.1) is 6.04 Å². The molecule has 0 spiro atoms. The summed E-state index contributed by atoms with van der Waals surface area (Å²) in [6.07, 6.45) is 0.744. The van der Waals surface area contributed by atoms with E-state index in [1.165, 1.54) is 5.56 Å². The second-order valence-electron chi connectivity index (χ2n) is 7.25. The lowest BCUT2D eigenvalue weighted by molar-refractivity contribution is -0.128. The van der Waals surface area contributed by atoms with Gasteiger partial charge in [-0.1, -0.05) is 51.1 Å². The van der Waals surface area contributed by atoms with Crippen molar-refractivity contribution in [1.29, 1.82) is 0 Å². The maximum Gasteiger partial charge on any atom is 0.155 e. The molecule has 1 rings (SSSR count). The van der Waals surface area contributed by atoms with Gasteiger partial charge in [-0.15, -0.1) is 0 Å². The van der Waals surface area contributed by atoms with Crippen LogP contribution in [0.4, 0.5) is 0 Å². The predicted octanol–water partition coefficient (Wildman–Crippen LogP) is 3.60. The van der Waals surface area contributed by atoms with Crippen molar-refractivity contribution in [1.82, 2.24) is 5.32 Å². The van der Waals surface area contributed by atoms with Gasteiger partial charge in [0, 0.05) is 11.0 Å². The first kappa shape index (κ1) is 15.9. The minimum Gasteiger partial charge on any atom is -0.302 e. The van der Waals surface area contributed by atoms with Gasteiger partial charge in [-0.3, -0.25) is 4.79 Å². The Bertz CT molecular complexity index is 409. The minimum atomic E-state index is -0.322. The van der Waals surface area contributed by atoms with Gasteiger partial charge in [0.25, 0.3) is 0 Å². The molecule has 0 aliphatic heterocycles. The topological polar surface area (TPSA) is 29.1 Å². The lowest BCUT2D eigenvalue weighted by Gasteiger charge is -2.32. The van der Waals surface area contributed by atoms with Crippen molar-refractivity contribution in [3.05, 3.63) is 35.9 Å². The van der Waals surface area contributed by atoms with Crippen LogP contribution in [0.2, 0.25) is 0 Å². The maximum atomic E-state index is 12.6. The number of benzene rings is 1. The molecule has 2 heteroatoms. The number of nitrogens with one attached hydrogen (secondary N) is 1. The Kier molecular flexibility index (Phi) is 4.92. The maximum absolute atomic E-state index is 12.6. The lowest BCUT2D eigenvalue weighted by Crippen LogP contribution is -2.51. The van der Waals surface area contributed by atoms with E-state index in [-0.39, 0.29) is 22.8 Å². The Hall–Kier alpha value is -1.15. The third-order valence-corrected chi connectivity index (χ3v) is 2.95. The molecule has 1 N–H and O–H groups in total. The SMILES string of the molecule is CC(C)(C)N[C@@H](Cc1ccccc1)C(=O)C(C)(C)C. The number of rotatable bonds is 4.